The quantitative estimate of drug-likeness (QED) is 0.905. The fourth-order valence-corrected chi connectivity index (χ4v) is 1.57. The minimum Gasteiger partial charge on any atom is -0.486 e. The van der Waals surface area contributed by atoms with Crippen molar-refractivity contribution in [3.8, 4) is 5.75 Å². The Morgan fingerprint density at radius 2 is 2.00 bits per heavy atom. The molecule has 0 bridgehead atoms. The Balaban J connectivity index is 2.00. The zero-order valence-electron chi connectivity index (χ0n) is 9.27. The van der Waals surface area contributed by atoms with Gasteiger partial charge in [-0.05, 0) is 23.8 Å². The molecule has 4 heteroatoms. The van der Waals surface area contributed by atoms with E-state index >= 15 is 0 Å². The summed E-state index contributed by atoms with van der Waals surface area (Å²) in [7, 11) is 0. The van der Waals surface area contributed by atoms with Crippen molar-refractivity contribution in [1.82, 2.24) is 4.98 Å². The van der Waals surface area contributed by atoms with Gasteiger partial charge in [0.25, 0.3) is 0 Å². The Morgan fingerprint density at radius 3 is 2.65 bits per heavy atom. The first-order valence-corrected chi connectivity index (χ1v) is 5.68. The van der Waals surface area contributed by atoms with Crippen molar-refractivity contribution >= 4 is 11.6 Å². The van der Waals surface area contributed by atoms with Crippen LogP contribution in [0.5, 0.6) is 5.75 Å². The highest BCUT2D eigenvalue weighted by Crippen LogP contribution is 2.23. The molecule has 0 atom stereocenters. The van der Waals surface area contributed by atoms with Crippen LogP contribution in [-0.2, 0) is 13.2 Å². The highest BCUT2D eigenvalue weighted by molar-refractivity contribution is 6.32. The zero-order valence-corrected chi connectivity index (χ0v) is 10.0. The molecule has 0 aliphatic carbocycles. The highest BCUT2D eigenvalue weighted by Gasteiger charge is 2.01. The molecular formula is C13H13ClN2O. The van der Waals surface area contributed by atoms with Gasteiger partial charge in [0, 0.05) is 12.7 Å². The Bertz CT molecular complexity index is 485. The second kappa shape index (κ2) is 5.66. The van der Waals surface area contributed by atoms with E-state index in [1.165, 1.54) is 0 Å². The molecule has 2 rings (SSSR count). The molecule has 0 saturated carbocycles. The van der Waals surface area contributed by atoms with Gasteiger partial charge in [-0.1, -0.05) is 29.8 Å². The summed E-state index contributed by atoms with van der Waals surface area (Å²) in [6, 6.07) is 11.2. The summed E-state index contributed by atoms with van der Waals surface area (Å²) in [6.45, 7) is 0.896. The molecule has 17 heavy (non-hydrogen) atoms. The van der Waals surface area contributed by atoms with Gasteiger partial charge in [-0.25, -0.2) is 0 Å². The number of hydrogen-bond acceptors (Lipinski definition) is 3. The van der Waals surface area contributed by atoms with Crippen LogP contribution >= 0.6 is 11.6 Å². The Labute approximate surface area is 105 Å². The summed E-state index contributed by atoms with van der Waals surface area (Å²) in [5, 5.41) is 0.603. The van der Waals surface area contributed by atoms with Crippen LogP contribution in [0.15, 0.2) is 42.6 Å². The van der Waals surface area contributed by atoms with E-state index in [2.05, 4.69) is 4.98 Å². The zero-order chi connectivity index (χ0) is 12.1. The number of benzene rings is 1. The van der Waals surface area contributed by atoms with Crippen LogP contribution in [0.4, 0.5) is 0 Å². The molecule has 1 aromatic carbocycles. The summed E-state index contributed by atoms with van der Waals surface area (Å²) in [6.07, 6.45) is 1.76. The third kappa shape index (κ3) is 3.19. The average molecular weight is 249 g/mol. The number of nitrogens with zero attached hydrogens (tertiary/aromatic N) is 1. The van der Waals surface area contributed by atoms with Crippen molar-refractivity contribution < 1.29 is 4.74 Å². The Hall–Kier alpha value is -1.58. The van der Waals surface area contributed by atoms with Gasteiger partial charge in [-0.15, -0.1) is 0 Å². The first kappa shape index (κ1) is 11.9. The van der Waals surface area contributed by atoms with Gasteiger partial charge in [0.2, 0.25) is 0 Å². The topological polar surface area (TPSA) is 48.1 Å². The minimum atomic E-state index is 0.397. The van der Waals surface area contributed by atoms with Gasteiger partial charge in [0.1, 0.15) is 12.4 Å². The van der Waals surface area contributed by atoms with Gasteiger partial charge in [-0.3, -0.25) is 4.98 Å². The smallest absolute Gasteiger partial charge is 0.138 e. The molecule has 1 heterocycles. The van der Waals surface area contributed by atoms with E-state index in [1.807, 2.05) is 30.3 Å². The Kier molecular flexibility index (Phi) is 3.96. The van der Waals surface area contributed by atoms with Crippen LogP contribution in [0.25, 0.3) is 0 Å². The predicted molar refractivity (Wildman–Crippen MR) is 67.9 cm³/mol. The van der Waals surface area contributed by atoms with Crippen molar-refractivity contribution in [3.05, 3.63) is 58.9 Å². The minimum absolute atomic E-state index is 0.397. The summed E-state index contributed by atoms with van der Waals surface area (Å²) in [5.41, 5.74) is 7.35. The van der Waals surface area contributed by atoms with E-state index in [4.69, 9.17) is 22.1 Å². The molecule has 3 nitrogen and oxygen atoms in total. The monoisotopic (exact) mass is 248 g/mol. The highest BCUT2D eigenvalue weighted by atomic mass is 35.5. The van der Waals surface area contributed by atoms with Crippen LogP contribution in [0.1, 0.15) is 11.3 Å². The molecule has 0 amide bonds. The molecule has 0 aliphatic heterocycles. The van der Waals surface area contributed by atoms with Crippen molar-refractivity contribution in [1.29, 1.82) is 0 Å². The van der Waals surface area contributed by atoms with Gasteiger partial charge in [-0.2, -0.15) is 0 Å². The number of hydrogen-bond donors (Lipinski definition) is 1. The van der Waals surface area contributed by atoms with E-state index in [0.29, 0.717) is 23.9 Å². The summed E-state index contributed by atoms with van der Waals surface area (Å²) in [4.78, 5) is 4.25. The lowest BCUT2D eigenvalue weighted by Gasteiger charge is -2.07. The van der Waals surface area contributed by atoms with Crippen LogP contribution in [0.2, 0.25) is 5.02 Å². The third-order valence-electron chi connectivity index (χ3n) is 2.33. The van der Waals surface area contributed by atoms with E-state index in [-0.39, 0.29) is 0 Å². The van der Waals surface area contributed by atoms with Crippen molar-refractivity contribution in [2.45, 2.75) is 13.2 Å². The van der Waals surface area contributed by atoms with Crippen LogP contribution in [-0.4, -0.2) is 4.98 Å². The van der Waals surface area contributed by atoms with Gasteiger partial charge in [0.05, 0.1) is 10.7 Å². The number of aromatic nitrogens is 1. The maximum absolute atomic E-state index is 5.98. The van der Waals surface area contributed by atoms with Gasteiger partial charge < -0.3 is 10.5 Å². The number of nitrogens with two attached hydrogens (primary N) is 1. The van der Waals surface area contributed by atoms with Crippen LogP contribution < -0.4 is 10.5 Å². The third-order valence-corrected chi connectivity index (χ3v) is 2.65. The van der Waals surface area contributed by atoms with Crippen molar-refractivity contribution in [3.63, 3.8) is 0 Å². The van der Waals surface area contributed by atoms with Crippen molar-refractivity contribution in [2.75, 3.05) is 0 Å². The number of para-hydroxylation sites is 1. The van der Waals surface area contributed by atoms with Crippen molar-refractivity contribution in [2.24, 2.45) is 5.73 Å². The summed E-state index contributed by atoms with van der Waals surface area (Å²) < 4.78 is 5.57. The molecule has 0 saturated heterocycles. The van der Waals surface area contributed by atoms with Gasteiger partial charge >= 0.3 is 0 Å². The fourth-order valence-electron chi connectivity index (χ4n) is 1.37. The predicted octanol–water partition coefficient (Wildman–Crippen LogP) is 2.77. The molecule has 1 aromatic heterocycles. The Morgan fingerprint density at radius 1 is 1.18 bits per heavy atom. The van der Waals surface area contributed by atoms with Crippen LogP contribution in [0.3, 0.4) is 0 Å². The largest absolute Gasteiger partial charge is 0.486 e. The second-order valence-electron chi connectivity index (χ2n) is 3.58. The first-order chi connectivity index (χ1) is 8.29. The molecular weight excluding hydrogens is 236 g/mol. The standard InChI is InChI=1S/C13H13ClN2O/c14-12-3-1-2-4-13(12)17-9-11-6-5-10(7-15)8-16-11/h1-6,8H,7,9,15H2. The van der Waals surface area contributed by atoms with E-state index in [9.17, 15) is 0 Å². The van der Waals surface area contributed by atoms with E-state index in [0.717, 1.165) is 11.3 Å². The number of halogens is 1. The van der Waals surface area contributed by atoms with Crippen LogP contribution in [0, 0.1) is 0 Å². The molecule has 0 unspecified atom stereocenters. The maximum atomic E-state index is 5.98. The SMILES string of the molecule is NCc1ccc(COc2ccccc2Cl)nc1. The lowest BCUT2D eigenvalue weighted by atomic mass is 10.2. The second-order valence-corrected chi connectivity index (χ2v) is 3.99. The molecule has 2 aromatic rings. The average Bonchev–Trinajstić information content (AvgIpc) is 2.38. The van der Waals surface area contributed by atoms with E-state index < -0.39 is 0 Å². The summed E-state index contributed by atoms with van der Waals surface area (Å²) in [5.74, 6) is 0.666. The summed E-state index contributed by atoms with van der Waals surface area (Å²) >= 11 is 5.98. The fraction of sp³-hybridized carbons (Fsp3) is 0.154. The molecule has 0 aliphatic rings. The first-order valence-electron chi connectivity index (χ1n) is 5.31. The molecule has 88 valence electrons. The molecule has 0 fully saturated rings. The molecule has 2 N–H and O–H groups in total. The molecule has 0 spiro atoms. The lowest BCUT2D eigenvalue weighted by Crippen LogP contribution is -2.01. The maximum Gasteiger partial charge on any atom is 0.138 e. The number of pyridine rings is 1. The number of ether oxygens (including phenoxy) is 1. The lowest BCUT2D eigenvalue weighted by molar-refractivity contribution is 0.301. The van der Waals surface area contributed by atoms with E-state index in [1.54, 1.807) is 12.3 Å². The number of rotatable bonds is 4. The normalized spacial score (nSPS) is 10.2. The molecule has 0 radical (unpaired) electrons. The van der Waals surface area contributed by atoms with Gasteiger partial charge in [0.15, 0.2) is 0 Å².